The quantitative estimate of drug-likeness (QED) is 0.790. The minimum atomic E-state index is -0.957. The molecule has 0 saturated heterocycles. The Balaban J connectivity index is 2.73. The lowest BCUT2D eigenvalue weighted by Crippen LogP contribution is -1.96. The van der Waals surface area contributed by atoms with Crippen molar-refractivity contribution in [1.82, 2.24) is 9.97 Å². The number of rotatable bonds is 1. The van der Waals surface area contributed by atoms with E-state index in [9.17, 15) is 4.79 Å². The Bertz CT molecular complexity index is 513. The van der Waals surface area contributed by atoms with Gasteiger partial charge in [0.25, 0.3) is 0 Å². The number of aromatic nitrogens is 2. The van der Waals surface area contributed by atoms with E-state index in [0.29, 0.717) is 10.1 Å². The lowest BCUT2D eigenvalue weighted by Gasteiger charge is -1.99. The Labute approximate surface area is 87.7 Å². The van der Waals surface area contributed by atoms with E-state index in [1.54, 1.807) is 6.07 Å². The van der Waals surface area contributed by atoms with Crippen LogP contribution in [0, 0.1) is 0 Å². The molecule has 1 aromatic carbocycles. The Kier molecular flexibility index (Phi) is 2.17. The third kappa shape index (κ3) is 1.46. The molecular weight excluding hydrogens is 248 g/mol. The summed E-state index contributed by atoms with van der Waals surface area (Å²) in [7, 11) is 0. The molecule has 4 nitrogen and oxygen atoms in total. The fourth-order valence-electron chi connectivity index (χ4n) is 1.16. The zero-order chi connectivity index (χ0) is 10.1. The Morgan fingerprint density at radius 2 is 2.14 bits per heavy atom. The number of halogens is 1. The highest BCUT2D eigenvalue weighted by molar-refractivity contribution is 9.10. The van der Waals surface area contributed by atoms with Gasteiger partial charge in [-0.1, -0.05) is 0 Å². The first-order chi connectivity index (χ1) is 6.68. The van der Waals surface area contributed by atoms with Crippen molar-refractivity contribution in [2.24, 2.45) is 0 Å². The summed E-state index contributed by atoms with van der Waals surface area (Å²) >= 11 is 3.26. The summed E-state index contributed by atoms with van der Waals surface area (Å²) in [6.45, 7) is 0. The Morgan fingerprint density at radius 1 is 1.36 bits per heavy atom. The van der Waals surface area contributed by atoms with Crippen LogP contribution in [0.3, 0.4) is 0 Å². The molecule has 5 heteroatoms. The summed E-state index contributed by atoms with van der Waals surface area (Å²) in [6, 6.07) is 4.73. The predicted octanol–water partition coefficient (Wildman–Crippen LogP) is 2.09. The van der Waals surface area contributed by atoms with E-state index in [1.807, 2.05) is 0 Å². The summed E-state index contributed by atoms with van der Waals surface area (Å²) in [6.07, 6.45) is 1.39. The maximum atomic E-state index is 10.7. The van der Waals surface area contributed by atoms with Gasteiger partial charge in [0.2, 0.25) is 0 Å². The first kappa shape index (κ1) is 9.08. The van der Waals surface area contributed by atoms with E-state index in [2.05, 4.69) is 25.9 Å². The summed E-state index contributed by atoms with van der Waals surface area (Å²) in [5.41, 5.74) is 0.842. The van der Waals surface area contributed by atoms with Gasteiger partial charge < -0.3 is 5.11 Å². The van der Waals surface area contributed by atoms with Gasteiger partial charge in [-0.15, -0.1) is 0 Å². The van der Waals surface area contributed by atoms with Gasteiger partial charge >= 0.3 is 5.97 Å². The molecule has 1 N–H and O–H groups in total. The number of hydrogen-bond acceptors (Lipinski definition) is 3. The molecule has 14 heavy (non-hydrogen) atoms. The van der Waals surface area contributed by atoms with E-state index in [0.717, 1.165) is 5.39 Å². The van der Waals surface area contributed by atoms with E-state index < -0.39 is 5.97 Å². The van der Waals surface area contributed by atoms with Crippen molar-refractivity contribution in [1.29, 1.82) is 0 Å². The molecule has 0 radical (unpaired) electrons. The number of carboxylic acids is 1. The van der Waals surface area contributed by atoms with E-state index >= 15 is 0 Å². The second kappa shape index (κ2) is 3.34. The van der Waals surface area contributed by atoms with Gasteiger partial charge in [-0.25, -0.2) is 14.8 Å². The van der Waals surface area contributed by atoms with Crippen LogP contribution in [-0.2, 0) is 0 Å². The minimum Gasteiger partial charge on any atom is -0.478 e. The largest absolute Gasteiger partial charge is 0.478 e. The van der Waals surface area contributed by atoms with Crippen LogP contribution in [0.5, 0.6) is 0 Å². The van der Waals surface area contributed by atoms with Crippen LogP contribution in [-0.4, -0.2) is 21.0 Å². The molecule has 2 rings (SSSR count). The summed E-state index contributed by atoms with van der Waals surface area (Å²) in [5.74, 6) is -0.957. The maximum Gasteiger partial charge on any atom is 0.335 e. The highest BCUT2D eigenvalue weighted by Crippen LogP contribution is 2.20. The SMILES string of the molecule is O=C(O)c1ccc2c(Br)ncnc2c1. The summed E-state index contributed by atoms with van der Waals surface area (Å²) in [4.78, 5) is 18.6. The van der Waals surface area contributed by atoms with Crippen molar-refractivity contribution < 1.29 is 9.90 Å². The number of aromatic carboxylic acids is 1. The van der Waals surface area contributed by atoms with E-state index in [1.165, 1.54) is 18.5 Å². The van der Waals surface area contributed by atoms with Crippen LogP contribution in [0.25, 0.3) is 10.9 Å². The minimum absolute atomic E-state index is 0.225. The monoisotopic (exact) mass is 252 g/mol. The fraction of sp³-hybridized carbons (Fsp3) is 0. The van der Waals surface area contributed by atoms with Crippen molar-refractivity contribution in [2.45, 2.75) is 0 Å². The van der Waals surface area contributed by atoms with Crippen molar-refractivity contribution >= 4 is 32.8 Å². The molecule has 0 saturated carbocycles. The number of benzene rings is 1. The second-order valence-corrected chi connectivity index (χ2v) is 3.45. The van der Waals surface area contributed by atoms with Crippen LogP contribution >= 0.6 is 15.9 Å². The number of hydrogen-bond donors (Lipinski definition) is 1. The van der Waals surface area contributed by atoms with Crippen LogP contribution in [0.2, 0.25) is 0 Å². The van der Waals surface area contributed by atoms with Gasteiger partial charge in [0, 0.05) is 5.39 Å². The molecule has 1 aromatic heterocycles. The third-order valence-electron chi connectivity index (χ3n) is 1.83. The number of nitrogens with zero attached hydrogens (tertiary/aromatic N) is 2. The predicted molar refractivity (Wildman–Crippen MR) is 54.2 cm³/mol. The van der Waals surface area contributed by atoms with Crippen LogP contribution in [0.15, 0.2) is 29.1 Å². The topological polar surface area (TPSA) is 63.1 Å². The smallest absolute Gasteiger partial charge is 0.335 e. The molecule has 1 heterocycles. The summed E-state index contributed by atoms with van der Waals surface area (Å²) < 4.78 is 0.666. The number of carbonyl (C=O) groups is 1. The average molecular weight is 253 g/mol. The molecule has 0 spiro atoms. The fourth-order valence-corrected chi connectivity index (χ4v) is 1.58. The van der Waals surface area contributed by atoms with Crippen molar-refractivity contribution in [3.8, 4) is 0 Å². The van der Waals surface area contributed by atoms with Gasteiger partial charge in [-0.3, -0.25) is 0 Å². The molecular formula is C9H5BrN2O2. The van der Waals surface area contributed by atoms with E-state index in [4.69, 9.17) is 5.11 Å². The number of fused-ring (bicyclic) bond motifs is 1. The van der Waals surface area contributed by atoms with Gasteiger partial charge in [-0.05, 0) is 34.1 Å². The standard InChI is InChI=1S/C9H5BrN2O2/c10-8-6-2-1-5(9(13)14)3-7(6)11-4-12-8/h1-4H,(H,13,14). The molecule has 0 atom stereocenters. The molecule has 0 aliphatic rings. The van der Waals surface area contributed by atoms with E-state index in [-0.39, 0.29) is 5.56 Å². The lowest BCUT2D eigenvalue weighted by molar-refractivity contribution is 0.0697. The zero-order valence-electron chi connectivity index (χ0n) is 6.94. The van der Waals surface area contributed by atoms with Crippen molar-refractivity contribution in [2.75, 3.05) is 0 Å². The molecule has 0 amide bonds. The highest BCUT2D eigenvalue weighted by atomic mass is 79.9. The molecule has 0 fully saturated rings. The van der Waals surface area contributed by atoms with Gasteiger partial charge in [-0.2, -0.15) is 0 Å². The van der Waals surface area contributed by atoms with Crippen molar-refractivity contribution in [3.05, 3.63) is 34.7 Å². The van der Waals surface area contributed by atoms with Crippen LogP contribution in [0.1, 0.15) is 10.4 Å². The maximum absolute atomic E-state index is 10.7. The molecule has 2 aromatic rings. The lowest BCUT2D eigenvalue weighted by atomic mass is 10.1. The van der Waals surface area contributed by atoms with Gasteiger partial charge in [0.1, 0.15) is 10.9 Å². The molecule has 0 unspecified atom stereocenters. The normalized spacial score (nSPS) is 10.4. The number of carboxylic acid groups (broad SMARTS) is 1. The summed E-state index contributed by atoms with van der Waals surface area (Å²) in [5, 5.41) is 9.56. The highest BCUT2D eigenvalue weighted by Gasteiger charge is 2.05. The molecule has 0 aliphatic heterocycles. The van der Waals surface area contributed by atoms with Gasteiger partial charge in [0.15, 0.2) is 0 Å². The zero-order valence-corrected chi connectivity index (χ0v) is 8.52. The second-order valence-electron chi connectivity index (χ2n) is 2.70. The third-order valence-corrected chi connectivity index (χ3v) is 2.47. The van der Waals surface area contributed by atoms with Crippen LogP contribution in [0.4, 0.5) is 0 Å². The van der Waals surface area contributed by atoms with Crippen molar-refractivity contribution in [3.63, 3.8) is 0 Å². The first-order valence-electron chi connectivity index (χ1n) is 3.82. The van der Waals surface area contributed by atoms with Gasteiger partial charge in [0.05, 0.1) is 11.1 Å². The molecule has 0 bridgehead atoms. The molecule has 0 aliphatic carbocycles. The Morgan fingerprint density at radius 3 is 2.86 bits per heavy atom. The Hall–Kier alpha value is -1.49. The molecule has 70 valence electrons. The van der Waals surface area contributed by atoms with Crippen LogP contribution < -0.4 is 0 Å². The first-order valence-corrected chi connectivity index (χ1v) is 4.61. The average Bonchev–Trinajstić information content (AvgIpc) is 2.17.